The van der Waals surface area contributed by atoms with Gasteiger partial charge < -0.3 is 10.1 Å². The molecule has 1 heterocycles. The van der Waals surface area contributed by atoms with Crippen LogP contribution in [0.4, 0.5) is 17.2 Å². The molecule has 7 nitrogen and oxygen atoms in total. The summed E-state index contributed by atoms with van der Waals surface area (Å²) in [7, 11) is 0. The number of hydrogen-bond acceptors (Lipinski definition) is 6. The second kappa shape index (κ2) is 7.09. The topological polar surface area (TPSA) is 90.2 Å². The lowest BCUT2D eigenvalue weighted by atomic mass is 10.2. The van der Waals surface area contributed by atoms with Gasteiger partial charge in [0, 0.05) is 23.2 Å². The van der Waals surface area contributed by atoms with Crippen LogP contribution < -0.4 is 10.1 Å². The van der Waals surface area contributed by atoms with Crippen molar-refractivity contribution in [1.82, 2.24) is 9.97 Å². The molecule has 132 valence electrons. The Morgan fingerprint density at radius 1 is 0.889 bits per heavy atom. The fraction of sp³-hybridized carbons (Fsp3) is 0. The molecule has 27 heavy (non-hydrogen) atoms. The van der Waals surface area contributed by atoms with Gasteiger partial charge in [0.1, 0.15) is 23.6 Å². The number of anilines is 2. The van der Waals surface area contributed by atoms with Crippen molar-refractivity contribution in [2.24, 2.45) is 0 Å². The molecule has 1 N–H and O–H groups in total. The number of nitrogens with one attached hydrogen (secondary N) is 1. The molecule has 0 spiro atoms. The number of nitro groups is 1. The van der Waals surface area contributed by atoms with E-state index in [9.17, 15) is 10.1 Å². The van der Waals surface area contributed by atoms with Crippen LogP contribution in [0.2, 0.25) is 0 Å². The van der Waals surface area contributed by atoms with Crippen molar-refractivity contribution in [1.29, 1.82) is 0 Å². The first kappa shape index (κ1) is 16.5. The summed E-state index contributed by atoms with van der Waals surface area (Å²) < 4.78 is 5.77. The summed E-state index contributed by atoms with van der Waals surface area (Å²) >= 11 is 0. The summed E-state index contributed by atoms with van der Waals surface area (Å²) in [6.45, 7) is 0. The lowest BCUT2D eigenvalue weighted by Crippen LogP contribution is -1.97. The van der Waals surface area contributed by atoms with Gasteiger partial charge in [0.05, 0.1) is 10.4 Å². The molecule has 0 aliphatic heterocycles. The van der Waals surface area contributed by atoms with E-state index in [1.54, 1.807) is 6.07 Å². The Kier molecular flexibility index (Phi) is 4.32. The van der Waals surface area contributed by atoms with E-state index in [1.165, 1.54) is 18.5 Å². The number of nitrogens with zero attached hydrogens (tertiary/aromatic N) is 3. The monoisotopic (exact) mass is 358 g/mol. The zero-order valence-corrected chi connectivity index (χ0v) is 14.1. The van der Waals surface area contributed by atoms with Crippen LogP contribution in [0.5, 0.6) is 11.5 Å². The van der Waals surface area contributed by atoms with E-state index < -0.39 is 4.92 Å². The van der Waals surface area contributed by atoms with Crippen molar-refractivity contribution in [3.8, 4) is 11.5 Å². The van der Waals surface area contributed by atoms with Gasteiger partial charge in [0.25, 0.3) is 5.69 Å². The third-order valence-corrected chi connectivity index (χ3v) is 3.93. The fourth-order valence-electron chi connectivity index (χ4n) is 2.63. The number of non-ortho nitro benzene ring substituents is 1. The first-order chi connectivity index (χ1) is 13.2. The number of aromatic nitrogens is 2. The van der Waals surface area contributed by atoms with E-state index in [2.05, 4.69) is 15.3 Å². The number of benzene rings is 3. The lowest BCUT2D eigenvalue weighted by molar-refractivity contribution is -0.384. The van der Waals surface area contributed by atoms with E-state index >= 15 is 0 Å². The maximum Gasteiger partial charge on any atom is 0.270 e. The Balaban J connectivity index is 1.58. The first-order valence-electron chi connectivity index (χ1n) is 8.18. The molecule has 4 rings (SSSR count). The SMILES string of the molecule is O=[N+]([O-])c1ccc2ncnc(Nc3ccc(Oc4ccccc4)cc3)c2c1. The highest BCUT2D eigenvalue weighted by Crippen LogP contribution is 2.28. The third kappa shape index (κ3) is 3.67. The van der Waals surface area contributed by atoms with Crippen molar-refractivity contribution >= 4 is 28.1 Å². The molecule has 0 amide bonds. The molecule has 0 radical (unpaired) electrons. The van der Waals surface area contributed by atoms with Crippen LogP contribution in [0.15, 0.2) is 79.1 Å². The van der Waals surface area contributed by atoms with Crippen LogP contribution >= 0.6 is 0 Å². The average Bonchev–Trinajstić information content (AvgIpc) is 2.70. The van der Waals surface area contributed by atoms with Gasteiger partial charge in [-0.1, -0.05) is 18.2 Å². The third-order valence-electron chi connectivity index (χ3n) is 3.93. The molecule has 0 aliphatic carbocycles. The maximum absolute atomic E-state index is 11.0. The normalized spacial score (nSPS) is 10.5. The molecule has 7 heteroatoms. The summed E-state index contributed by atoms with van der Waals surface area (Å²) in [5.41, 5.74) is 1.40. The second-order valence-electron chi connectivity index (χ2n) is 5.75. The largest absolute Gasteiger partial charge is 0.457 e. The Labute approximate surface area is 154 Å². The highest BCUT2D eigenvalue weighted by Gasteiger charge is 2.11. The minimum atomic E-state index is -0.439. The smallest absolute Gasteiger partial charge is 0.270 e. The predicted octanol–water partition coefficient (Wildman–Crippen LogP) is 5.07. The molecule has 0 aliphatic rings. The Hall–Kier alpha value is -4.00. The molecule has 1 aromatic heterocycles. The molecule has 0 atom stereocenters. The zero-order valence-electron chi connectivity index (χ0n) is 14.1. The molecule has 3 aromatic carbocycles. The van der Waals surface area contributed by atoms with Gasteiger partial charge in [0.15, 0.2) is 0 Å². The highest BCUT2D eigenvalue weighted by atomic mass is 16.6. The lowest BCUT2D eigenvalue weighted by Gasteiger charge is -2.10. The number of para-hydroxylation sites is 1. The molecule has 0 unspecified atom stereocenters. The molecular formula is C20H14N4O3. The summed E-state index contributed by atoms with van der Waals surface area (Å²) in [5, 5.41) is 14.8. The van der Waals surface area contributed by atoms with Gasteiger partial charge in [-0.15, -0.1) is 0 Å². The molecule has 0 saturated heterocycles. The quantitative estimate of drug-likeness (QED) is 0.395. The summed E-state index contributed by atoms with van der Waals surface area (Å²) in [4.78, 5) is 19.0. The van der Waals surface area contributed by atoms with Gasteiger partial charge in [0.2, 0.25) is 0 Å². The molecule has 0 fully saturated rings. The van der Waals surface area contributed by atoms with Crippen molar-refractivity contribution in [3.05, 3.63) is 89.2 Å². The van der Waals surface area contributed by atoms with Crippen molar-refractivity contribution < 1.29 is 9.66 Å². The number of hydrogen-bond donors (Lipinski definition) is 1. The average molecular weight is 358 g/mol. The van der Waals surface area contributed by atoms with E-state index in [-0.39, 0.29) is 5.69 Å². The molecule has 0 saturated carbocycles. The number of nitro benzene ring substituents is 1. The van der Waals surface area contributed by atoms with Gasteiger partial charge in [-0.3, -0.25) is 10.1 Å². The second-order valence-corrected chi connectivity index (χ2v) is 5.75. The van der Waals surface area contributed by atoms with E-state index in [1.807, 2.05) is 54.6 Å². The zero-order chi connectivity index (χ0) is 18.6. The van der Waals surface area contributed by atoms with E-state index in [4.69, 9.17) is 4.74 Å². The molecule has 0 bridgehead atoms. The van der Waals surface area contributed by atoms with Crippen LogP contribution in [-0.2, 0) is 0 Å². The van der Waals surface area contributed by atoms with Crippen LogP contribution in [0.25, 0.3) is 10.9 Å². The summed E-state index contributed by atoms with van der Waals surface area (Å²) in [5.74, 6) is 1.96. The van der Waals surface area contributed by atoms with Gasteiger partial charge in [-0.05, 0) is 42.5 Å². The predicted molar refractivity (Wildman–Crippen MR) is 102 cm³/mol. The molecule has 4 aromatic rings. The number of ether oxygens (including phenoxy) is 1. The van der Waals surface area contributed by atoms with Gasteiger partial charge in [-0.2, -0.15) is 0 Å². The maximum atomic E-state index is 11.0. The van der Waals surface area contributed by atoms with Crippen molar-refractivity contribution in [2.45, 2.75) is 0 Å². The standard InChI is InChI=1S/C20H14N4O3/c25-24(26)15-8-11-19-18(12-15)20(22-13-21-19)23-14-6-9-17(10-7-14)27-16-4-2-1-3-5-16/h1-13H,(H,21,22,23). The molecular weight excluding hydrogens is 344 g/mol. The Morgan fingerprint density at radius 2 is 1.63 bits per heavy atom. The van der Waals surface area contributed by atoms with Crippen LogP contribution in [0.1, 0.15) is 0 Å². The van der Waals surface area contributed by atoms with Crippen LogP contribution in [0.3, 0.4) is 0 Å². The van der Waals surface area contributed by atoms with E-state index in [0.717, 1.165) is 11.4 Å². The fourth-order valence-corrected chi connectivity index (χ4v) is 2.63. The van der Waals surface area contributed by atoms with Gasteiger partial charge in [-0.25, -0.2) is 9.97 Å². The highest BCUT2D eigenvalue weighted by molar-refractivity contribution is 5.92. The summed E-state index contributed by atoms with van der Waals surface area (Å²) in [6, 6.07) is 21.4. The number of fused-ring (bicyclic) bond motifs is 1. The number of rotatable bonds is 5. The van der Waals surface area contributed by atoms with E-state index in [0.29, 0.717) is 22.5 Å². The minimum Gasteiger partial charge on any atom is -0.457 e. The Morgan fingerprint density at radius 3 is 2.37 bits per heavy atom. The minimum absolute atomic E-state index is 0.00745. The van der Waals surface area contributed by atoms with Crippen molar-refractivity contribution in [2.75, 3.05) is 5.32 Å². The first-order valence-corrected chi connectivity index (χ1v) is 8.18. The van der Waals surface area contributed by atoms with Crippen molar-refractivity contribution in [3.63, 3.8) is 0 Å². The van der Waals surface area contributed by atoms with Crippen LogP contribution in [0, 0.1) is 10.1 Å². The van der Waals surface area contributed by atoms with Crippen LogP contribution in [-0.4, -0.2) is 14.9 Å². The Bertz CT molecular complexity index is 1100. The summed E-state index contributed by atoms with van der Waals surface area (Å²) in [6.07, 6.45) is 1.42. The van der Waals surface area contributed by atoms with Gasteiger partial charge >= 0.3 is 0 Å².